The fourth-order valence-corrected chi connectivity index (χ4v) is 1.06. The lowest BCUT2D eigenvalue weighted by molar-refractivity contribution is 1.04. The zero-order chi connectivity index (χ0) is 10.6. The Labute approximate surface area is 96.0 Å². The highest BCUT2D eigenvalue weighted by Gasteiger charge is 2.02. The van der Waals surface area contributed by atoms with Crippen molar-refractivity contribution in [1.29, 1.82) is 0 Å². The van der Waals surface area contributed by atoms with Crippen LogP contribution >= 0.6 is 22.6 Å². The molecule has 0 fully saturated rings. The number of aliphatic imine (C=N–C) groups is 1. The normalized spacial score (nSPS) is 13.4. The highest BCUT2D eigenvalue weighted by molar-refractivity contribution is 14.1. The van der Waals surface area contributed by atoms with Gasteiger partial charge >= 0.3 is 0 Å². The van der Waals surface area contributed by atoms with Crippen LogP contribution < -0.4 is 5.56 Å². The fourth-order valence-electron chi connectivity index (χ4n) is 0.894. The maximum atomic E-state index is 11.3. The molecular formula is C9H12IN3O. The molecule has 76 valence electrons. The number of aromatic amines is 1. The van der Waals surface area contributed by atoms with Gasteiger partial charge < -0.3 is 4.98 Å². The summed E-state index contributed by atoms with van der Waals surface area (Å²) in [5.74, 6) is 0. The Morgan fingerprint density at radius 3 is 3.07 bits per heavy atom. The predicted octanol–water partition coefficient (Wildman–Crippen LogP) is 1.99. The quantitative estimate of drug-likeness (QED) is 0.527. The van der Waals surface area contributed by atoms with E-state index in [1.165, 1.54) is 6.33 Å². The number of hydrogen-bond acceptors (Lipinski definition) is 3. The van der Waals surface area contributed by atoms with Crippen LogP contribution in [0.15, 0.2) is 16.1 Å². The number of nitrogens with one attached hydrogen (secondary N) is 1. The lowest BCUT2D eigenvalue weighted by atomic mass is 10.3. The van der Waals surface area contributed by atoms with E-state index in [0.717, 1.165) is 6.42 Å². The third-order valence-corrected chi connectivity index (χ3v) is 2.97. The molecule has 0 radical (unpaired) electrons. The molecule has 14 heavy (non-hydrogen) atoms. The molecule has 0 amide bonds. The van der Waals surface area contributed by atoms with Gasteiger partial charge in [0, 0.05) is 10.1 Å². The second kappa shape index (κ2) is 5.23. The van der Waals surface area contributed by atoms with Crippen LogP contribution in [0.4, 0.5) is 5.69 Å². The van der Waals surface area contributed by atoms with Gasteiger partial charge in [0.15, 0.2) is 0 Å². The maximum absolute atomic E-state index is 11.3. The second-order valence-electron chi connectivity index (χ2n) is 2.87. The van der Waals surface area contributed by atoms with Crippen LogP contribution in [0.1, 0.15) is 19.0 Å². The van der Waals surface area contributed by atoms with Gasteiger partial charge in [-0.1, -0.05) is 29.5 Å². The summed E-state index contributed by atoms with van der Waals surface area (Å²) in [7, 11) is 0. The third-order valence-electron chi connectivity index (χ3n) is 1.77. The topological polar surface area (TPSA) is 58.1 Å². The van der Waals surface area contributed by atoms with Crippen molar-refractivity contribution in [2.24, 2.45) is 4.99 Å². The molecule has 0 aliphatic carbocycles. The molecule has 1 heterocycles. The van der Waals surface area contributed by atoms with Gasteiger partial charge in [0.2, 0.25) is 0 Å². The van der Waals surface area contributed by atoms with E-state index < -0.39 is 0 Å². The zero-order valence-corrected chi connectivity index (χ0v) is 10.3. The minimum atomic E-state index is -0.187. The van der Waals surface area contributed by atoms with E-state index in [1.807, 2.05) is 0 Å². The average Bonchev–Trinajstić information content (AvgIpc) is 2.16. The van der Waals surface area contributed by atoms with Crippen LogP contribution in [0.3, 0.4) is 0 Å². The van der Waals surface area contributed by atoms with Gasteiger partial charge in [0.1, 0.15) is 5.69 Å². The summed E-state index contributed by atoms with van der Waals surface area (Å²) in [5, 5.41) is 0. The number of nitrogens with zero attached hydrogens (tertiary/aromatic N) is 2. The molecular weight excluding hydrogens is 293 g/mol. The summed E-state index contributed by atoms with van der Waals surface area (Å²) in [6.45, 7) is 3.85. The highest BCUT2D eigenvalue weighted by Crippen LogP contribution is 2.09. The zero-order valence-electron chi connectivity index (χ0n) is 8.12. The van der Waals surface area contributed by atoms with Crippen molar-refractivity contribution < 1.29 is 0 Å². The number of aryl methyl sites for hydroxylation is 1. The van der Waals surface area contributed by atoms with Crippen LogP contribution in [-0.2, 0) is 0 Å². The Kier molecular flexibility index (Phi) is 4.24. The van der Waals surface area contributed by atoms with Crippen molar-refractivity contribution in [3.63, 3.8) is 0 Å². The Bertz CT molecular complexity index is 386. The van der Waals surface area contributed by atoms with Crippen molar-refractivity contribution in [3.05, 3.63) is 22.4 Å². The van der Waals surface area contributed by atoms with Crippen molar-refractivity contribution in [1.82, 2.24) is 9.97 Å². The van der Waals surface area contributed by atoms with Gasteiger partial charge in [-0.3, -0.25) is 9.79 Å². The number of H-pyrrole nitrogens is 1. The molecule has 0 aliphatic rings. The van der Waals surface area contributed by atoms with Crippen molar-refractivity contribution in [3.8, 4) is 0 Å². The molecule has 1 rings (SSSR count). The Balaban J connectivity index is 2.97. The first-order valence-electron chi connectivity index (χ1n) is 4.37. The van der Waals surface area contributed by atoms with Crippen molar-refractivity contribution in [2.75, 3.05) is 0 Å². The second-order valence-corrected chi connectivity index (χ2v) is 4.47. The highest BCUT2D eigenvalue weighted by atomic mass is 127. The minimum absolute atomic E-state index is 0.187. The molecule has 4 nitrogen and oxygen atoms in total. The van der Waals surface area contributed by atoms with Crippen LogP contribution in [0.2, 0.25) is 0 Å². The standard InChI is InChI=1S/C9H12IN3O/c1-3-7(10)4-11-8-6(2)12-5-13-9(8)14/h4-5,7H,3H2,1-2H3,(H,12,13,14)/t7-/m1/s1. The first kappa shape index (κ1) is 11.4. The van der Waals surface area contributed by atoms with Gasteiger partial charge in [-0.25, -0.2) is 4.98 Å². The predicted molar refractivity (Wildman–Crippen MR) is 65.8 cm³/mol. The van der Waals surface area contributed by atoms with Gasteiger partial charge in [-0.05, 0) is 13.3 Å². The Hall–Kier alpha value is -0.720. The summed E-state index contributed by atoms with van der Waals surface area (Å²) in [4.78, 5) is 21.9. The van der Waals surface area contributed by atoms with Crippen LogP contribution in [0, 0.1) is 6.92 Å². The Morgan fingerprint density at radius 1 is 1.79 bits per heavy atom. The van der Waals surface area contributed by atoms with E-state index in [-0.39, 0.29) is 5.56 Å². The van der Waals surface area contributed by atoms with Gasteiger partial charge in [-0.15, -0.1) is 0 Å². The summed E-state index contributed by atoms with van der Waals surface area (Å²) in [5.41, 5.74) is 0.876. The van der Waals surface area contributed by atoms with Gasteiger partial charge in [0.05, 0.1) is 12.0 Å². The van der Waals surface area contributed by atoms with E-state index >= 15 is 0 Å². The molecule has 0 saturated heterocycles. The molecule has 0 bridgehead atoms. The first-order valence-corrected chi connectivity index (χ1v) is 5.62. The van der Waals surface area contributed by atoms with Gasteiger partial charge in [0.25, 0.3) is 5.56 Å². The molecule has 1 N–H and O–H groups in total. The number of halogens is 1. The maximum Gasteiger partial charge on any atom is 0.276 e. The Morgan fingerprint density at radius 2 is 2.50 bits per heavy atom. The summed E-state index contributed by atoms with van der Waals surface area (Å²) < 4.78 is 0.353. The lowest BCUT2D eigenvalue weighted by Gasteiger charge is -1.98. The van der Waals surface area contributed by atoms with E-state index in [4.69, 9.17) is 0 Å². The van der Waals surface area contributed by atoms with E-state index in [9.17, 15) is 4.79 Å². The smallest absolute Gasteiger partial charge is 0.276 e. The molecule has 1 aromatic rings. The van der Waals surface area contributed by atoms with Crippen molar-refractivity contribution >= 4 is 34.5 Å². The fraction of sp³-hybridized carbons (Fsp3) is 0.444. The van der Waals surface area contributed by atoms with Crippen LogP contribution in [0.5, 0.6) is 0 Å². The molecule has 0 saturated carbocycles. The van der Waals surface area contributed by atoms with Crippen molar-refractivity contribution in [2.45, 2.75) is 24.2 Å². The summed E-state index contributed by atoms with van der Waals surface area (Å²) in [6.07, 6.45) is 4.17. The van der Waals surface area contributed by atoms with Gasteiger partial charge in [-0.2, -0.15) is 0 Å². The van der Waals surface area contributed by atoms with Crippen LogP contribution in [0.25, 0.3) is 0 Å². The molecule has 1 atom stereocenters. The van der Waals surface area contributed by atoms with E-state index in [0.29, 0.717) is 15.3 Å². The number of aromatic nitrogens is 2. The third kappa shape index (κ3) is 2.90. The average molecular weight is 305 g/mol. The molecule has 0 unspecified atom stereocenters. The van der Waals surface area contributed by atoms with E-state index in [2.05, 4.69) is 44.5 Å². The molecule has 0 aliphatic heterocycles. The molecule has 1 aromatic heterocycles. The van der Waals surface area contributed by atoms with Crippen LogP contribution in [-0.4, -0.2) is 20.1 Å². The molecule has 5 heteroatoms. The number of alkyl halides is 1. The lowest BCUT2D eigenvalue weighted by Crippen LogP contribution is -2.08. The number of hydrogen-bond donors (Lipinski definition) is 1. The number of rotatable bonds is 3. The summed E-state index contributed by atoms with van der Waals surface area (Å²) >= 11 is 2.27. The molecule has 0 aromatic carbocycles. The minimum Gasteiger partial charge on any atom is -0.311 e. The largest absolute Gasteiger partial charge is 0.311 e. The summed E-state index contributed by atoms with van der Waals surface area (Å²) in [6, 6.07) is 0. The monoisotopic (exact) mass is 305 g/mol. The first-order chi connectivity index (χ1) is 6.65. The van der Waals surface area contributed by atoms with E-state index in [1.54, 1.807) is 13.1 Å². The SMILES string of the molecule is CC[C@@H](I)C=Nc1c(C)nc[nH]c1=O. The molecule has 0 spiro atoms.